The Morgan fingerprint density at radius 2 is 1.64 bits per heavy atom. The van der Waals surface area contributed by atoms with Gasteiger partial charge in [0, 0.05) is 27.1 Å². The smallest absolute Gasteiger partial charge is 0.330 e. The van der Waals surface area contributed by atoms with E-state index in [1.54, 1.807) is 7.05 Å². The third kappa shape index (κ3) is 4.73. The molecule has 0 atom stereocenters. The molecule has 0 aliphatic carbocycles. The van der Waals surface area contributed by atoms with Crippen LogP contribution >= 0.6 is 0 Å². The average molecular weight is 493 g/mol. The predicted octanol–water partition coefficient (Wildman–Crippen LogP) is 1.04. The molecule has 4 rings (SSSR count). The van der Waals surface area contributed by atoms with E-state index in [2.05, 4.69) is 4.98 Å². The van der Waals surface area contributed by atoms with E-state index in [-0.39, 0.29) is 49.9 Å². The molecule has 11 heteroatoms. The summed E-state index contributed by atoms with van der Waals surface area (Å²) in [6.45, 7) is 0.446. The van der Waals surface area contributed by atoms with Gasteiger partial charge in [-0.05, 0) is 17.7 Å². The number of carbonyl (C=O) groups excluding carboxylic acids is 1. The van der Waals surface area contributed by atoms with Crippen LogP contribution in [0.15, 0.2) is 69.0 Å². The Morgan fingerprint density at radius 1 is 0.972 bits per heavy atom. The number of nitrogens with one attached hydrogen (secondary N) is 1. The number of imidazole rings is 1. The molecule has 2 aromatic heterocycles. The van der Waals surface area contributed by atoms with E-state index >= 15 is 0 Å². The van der Waals surface area contributed by atoms with E-state index in [0.29, 0.717) is 5.52 Å². The lowest BCUT2D eigenvalue weighted by atomic mass is 10.2. The molecule has 0 aliphatic rings. The number of benzene rings is 2. The van der Waals surface area contributed by atoms with Crippen LogP contribution < -0.4 is 27.6 Å². The summed E-state index contributed by atoms with van der Waals surface area (Å²) >= 11 is 0. The SMILES string of the molecule is COCCn1c(N)c(N(Cc2ccccc2)C(=O)CCn2c(=O)n(C)c3ccccc32)c(=O)[nH]c1=O. The lowest BCUT2D eigenvalue weighted by Crippen LogP contribution is -2.41. The number of amides is 1. The van der Waals surface area contributed by atoms with Crippen LogP contribution in [0.4, 0.5) is 11.5 Å². The summed E-state index contributed by atoms with van der Waals surface area (Å²) in [6, 6.07) is 16.4. The Labute approximate surface area is 206 Å². The fourth-order valence-corrected chi connectivity index (χ4v) is 4.22. The molecule has 1 amide bonds. The number of aryl methyl sites for hydroxylation is 2. The van der Waals surface area contributed by atoms with Gasteiger partial charge in [-0.25, -0.2) is 9.59 Å². The predicted molar refractivity (Wildman–Crippen MR) is 137 cm³/mol. The molecule has 0 fully saturated rings. The summed E-state index contributed by atoms with van der Waals surface area (Å²) < 4.78 is 9.26. The number of nitrogen functional groups attached to an aromatic ring is 1. The van der Waals surface area contributed by atoms with Crippen molar-refractivity contribution in [1.82, 2.24) is 18.7 Å². The average Bonchev–Trinajstić information content (AvgIpc) is 3.11. The standard InChI is InChI=1S/C25H28N6O5/c1-28-18-10-6-7-11-19(18)29(25(28)35)13-12-20(32)31(16-17-8-4-3-5-9-17)21-22(26)30(14-15-36-2)24(34)27-23(21)33/h3-11H,12-16,26H2,1-2H3,(H,27,33,34). The molecule has 0 spiro atoms. The largest absolute Gasteiger partial charge is 0.383 e. The van der Waals surface area contributed by atoms with E-state index < -0.39 is 17.2 Å². The fourth-order valence-electron chi connectivity index (χ4n) is 4.22. The molecule has 0 saturated carbocycles. The normalized spacial score (nSPS) is 11.2. The zero-order valence-corrected chi connectivity index (χ0v) is 20.1. The number of aromatic nitrogens is 4. The van der Waals surface area contributed by atoms with Gasteiger partial charge in [-0.1, -0.05) is 42.5 Å². The molecule has 0 bridgehead atoms. The first-order valence-corrected chi connectivity index (χ1v) is 11.4. The summed E-state index contributed by atoms with van der Waals surface area (Å²) in [5.41, 5.74) is 6.67. The van der Waals surface area contributed by atoms with Crippen LogP contribution in [0.1, 0.15) is 12.0 Å². The van der Waals surface area contributed by atoms with Gasteiger partial charge in [0.1, 0.15) is 5.82 Å². The third-order valence-corrected chi connectivity index (χ3v) is 6.09. The summed E-state index contributed by atoms with van der Waals surface area (Å²) in [7, 11) is 3.16. The maximum atomic E-state index is 13.6. The maximum absolute atomic E-state index is 13.6. The van der Waals surface area contributed by atoms with E-state index in [1.165, 1.54) is 25.7 Å². The Kier molecular flexibility index (Phi) is 7.20. The summed E-state index contributed by atoms with van der Waals surface area (Å²) in [4.78, 5) is 55.2. The second-order valence-electron chi connectivity index (χ2n) is 8.33. The van der Waals surface area contributed by atoms with Gasteiger partial charge >= 0.3 is 11.4 Å². The summed E-state index contributed by atoms with van der Waals surface area (Å²) in [6.07, 6.45) is -0.0726. The highest BCUT2D eigenvalue weighted by Crippen LogP contribution is 2.21. The van der Waals surface area contributed by atoms with Crippen LogP contribution in [0.3, 0.4) is 0 Å². The number of hydrogen-bond acceptors (Lipinski definition) is 6. The van der Waals surface area contributed by atoms with Crippen molar-refractivity contribution in [2.24, 2.45) is 7.05 Å². The first kappa shape index (κ1) is 24.7. The number of aromatic amines is 1. The molecule has 11 nitrogen and oxygen atoms in total. The lowest BCUT2D eigenvalue weighted by molar-refractivity contribution is -0.119. The molecular weight excluding hydrogens is 464 g/mol. The van der Waals surface area contributed by atoms with Crippen LogP contribution in [0, 0.1) is 0 Å². The zero-order valence-electron chi connectivity index (χ0n) is 20.1. The van der Waals surface area contributed by atoms with Crippen LogP contribution in [0.5, 0.6) is 0 Å². The van der Waals surface area contributed by atoms with Crippen LogP contribution in [-0.4, -0.2) is 38.3 Å². The summed E-state index contributed by atoms with van der Waals surface area (Å²) in [5.74, 6) is -0.555. The quantitative estimate of drug-likeness (QED) is 0.358. The van der Waals surface area contributed by atoms with Crippen molar-refractivity contribution < 1.29 is 9.53 Å². The Hall–Kier alpha value is -4.38. The molecule has 2 aromatic carbocycles. The second kappa shape index (κ2) is 10.5. The highest BCUT2D eigenvalue weighted by molar-refractivity contribution is 5.95. The van der Waals surface area contributed by atoms with Crippen LogP contribution in [-0.2, 0) is 36.2 Å². The maximum Gasteiger partial charge on any atom is 0.330 e. The molecule has 188 valence electrons. The highest BCUT2D eigenvalue weighted by Gasteiger charge is 2.25. The van der Waals surface area contributed by atoms with Gasteiger partial charge in [0.25, 0.3) is 5.56 Å². The number of hydrogen-bond donors (Lipinski definition) is 2. The third-order valence-electron chi connectivity index (χ3n) is 6.09. The van der Waals surface area contributed by atoms with Gasteiger partial charge < -0.3 is 15.4 Å². The number of fused-ring (bicyclic) bond motifs is 1. The van der Waals surface area contributed by atoms with Crippen molar-refractivity contribution in [3.8, 4) is 0 Å². The van der Waals surface area contributed by atoms with Gasteiger partial charge in [0.05, 0.1) is 30.7 Å². The van der Waals surface area contributed by atoms with Crippen molar-refractivity contribution in [2.75, 3.05) is 24.4 Å². The molecule has 3 N–H and O–H groups in total. The first-order valence-electron chi connectivity index (χ1n) is 11.4. The van der Waals surface area contributed by atoms with Crippen molar-refractivity contribution in [3.05, 3.63) is 91.5 Å². The number of para-hydroxylation sites is 2. The summed E-state index contributed by atoms with van der Waals surface area (Å²) in [5, 5.41) is 0. The first-order chi connectivity index (χ1) is 17.3. The number of ether oxygens (including phenoxy) is 1. The Morgan fingerprint density at radius 3 is 2.33 bits per heavy atom. The Balaban J connectivity index is 1.73. The van der Waals surface area contributed by atoms with E-state index in [1.807, 2.05) is 54.6 Å². The van der Waals surface area contributed by atoms with Crippen molar-refractivity contribution >= 4 is 28.4 Å². The van der Waals surface area contributed by atoms with Crippen LogP contribution in [0.2, 0.25) is 0 Å². The Bertz CT molecular complexity index is 1560. The van der Waals surface area contributed by atoms with E-state index in [4.69, 9.17) is 10.5 Å². The number of H-pyrrole nitrogens is 1. The number of carbonyl (C=O) groups is 1. The van der Waals surface area contributed by atoms with Crippen molar-refractivity contribution in [2.45, 2.75) is 26.1 Å². The van der Waals surface area contributed by atoms with E-state index in [9.17, 15) is 19.2 Å². The molecule has 2 heterocycles. The van der Waals surface area contributed by atoms with Gasteiger partial charge in [0.15, 0.2) is 5.69 Å². The molecule has 36 heavy (non-hydrogen) atoms. The minimum atomic E-state index is -0.766. The molecule has 4 aromatic rings. The fraction of sp³-hybridized carbons (Fsp3) is 0.280. The minimum Gasteiger partial charge on any atom is -0.383 e. The molecule has 0 saturated heterocycles. The topological polar surface area (TPSA) is 137 Å². The molecule has 0 unspecified atom stereocenters. The lowest BCUT2D eigenvalue weighted by Gasteiger charge is -2.25. The molecular formula is C25H28N6O5. The molecule has 0 aliphatic heterocycles. The van der Waals surface area contributed by atoms with Gasteiger partial charge in [0.2, 0.25) is 5.91 Å². The number of rotatable bonds is 9. The van der Waals surface area contributed by atoms with Crippen molar-refractivity contribution in [3.63, 3.8) is 0 Å². The van der Waals surface area contributed by atoms with Gasteiger partial charge in [-0.2, -0.15) is 0 Å². The monoisotopic (exact) mass is 492 g/mol. The molecule has 0 radical (unpaired) electrons. The number of methoxy groups -OCH3 is 1. The highest BCUT2D eigenvalue weighted by atomic mass is 16.5. The van der Waals surface area contributed by atoms with Gasteiger partial charge in [-0.15, -0.1) is 0 Å². The second-order valence-corrected chi connectivity index (χ2v) is 8.33. The van der Waals surface area contributed by atoms with E-state index in [0.717, 1.165) is 11.1 Å². The van der Waals surface area contributed by atoms with Crippen LogP contribution in [0.25, 0.3) is 11.0 Å². The van der Waals surface area contributed by atoms with Crippen molar-refractivity contribution in [1.29, 1.82) is 0 Å². The zero-order chi connectivity index (χ0) is 25.8. The minimum absolute atomic E-state index is 0.0554. The van der Waals surface area contributed by atoms with Gasteiger partial charge in [-0.3, -0.25) is 28.3 Å². The number of nitrogens with zero attached hydrogens (tertiary/aromatic N) is 4. The number of nitrogens with two attached hydrogens (primary N) is 1. The number of anilines is 2.